The molecule has 0 radical (unpaired) electrons. The monoisotopic (exact) mass is 429 g/mol. The second-order valence-corrected chi connectivity index (χ2v) is 8.47. The van der Waals surface area contributed by atoms with Crippen molar-refractivity contribution >= 4 is 34.6 Å². The lowest BCUT2D eigenvalue weighted by Crippen LogP contribution is -2.34. The number of hydrogen-bond donors (Lipinski definition) is 0. The molecule has 2 aliphatic heterocycles. The van der Waals surface area contributed by atoms with E-state index in [9.17, 15) is 19.7 Å². The van der Waals surface area contributed by atoms with Crippen molar-refractivity contribution in [1.29, 1.82) is 0 Å². The van der Waals surface area contributed by atoms with Crippen LogP contribution < -0.4 is 4.90 Å². The number of non-ortho nitro benzene ring substituents is 1. The largest absolute Gasteiger partial charge is 0.452 e. The fourth-order valence-electron chi connectivity index (χ4n) is 4.16. The molecule has 4 rings (SSSR count). The van der Waals surface area contributed by atoms with E-state index in [0.717, 1.165) is 43.6 Å². The maximum Gasteiger partial charge on any atom is 0.341 e. The van der Waals surface area contributed by atoms with E-state index in [-0.39, 0.29) is 29.8 Å². The molecule has 0 spiro atoms. The number of anilines is 1. The molecule has 0 aliphatic carbocycles. The summed E-state index contributed by atoms with van der Waals surface area (Å²) >= 11 is 1.61. The Bertz CT molecular complexity index is 940. The Hall–Kier alpha value is -2.94. The third-order valence-electron chi connectivity index (χ3n) is 5.63. The van der Waals surface area contributed by atoms with Crippen LogP contribution in [0.15, 0.2) is 35.7 Å². The molecule has 158 valence electrons. The molecule has 1 unspecified atom stereocenters. The van der Waals surface area contributed by atoms with Crippen LogP contribution >= 0.6 is 11.3 Å². The van der Waals surface area contributed by atoms with Gasteiger partial charge in [0.05, 0.1) is 22.2 Å². The SMILES string of the molecule is O=C(OCC(=O)N1CCCC1c1cccs1)c1cc([N+](=O)[O-])ccc1N1CCCC1. The van der Waals surface area contributed by atoms with Gasteiger partial charge < -0.3 is 14.5 Å². The van der Waals surface area contributed by atoms with E-state index in [1.807, 2.05) is 22.4 Å². The van der Waals surface area contributed by atoms with Gasteiger partial charge in [-0.1, -0.05) is 6.07 Å². The Balaban J connectivity index is 1.47. The van der Waals surface area contributed by atoms with Gasteiger partial charge in [-0.2, -0.15) is 0 Å². The number of rotatable bonds is 6. The Morgan fingerprint density at radius 1 is 1.17 bits per heavy atom. The summed E-state index contributed by atoms with van der Waals surface area (Å²) in [7, 11) is 0. The van der Waals surface area contributed by atoms with Gasteiger partial charge in [0.15, 0.2) is 6.61 Å². The summed E-state index contributed by atoms with van der Waals surface area (Å²) in [5.74, 6) is -0.951. The van der Waals surface area contributed by atoms with Gasteiger partial charge in [0.25, 0.3) is 11.6 Å². The van der Waals surface area contributed by atoms with Crippen molar-refractivity contribution in [1.82, 2.24) is 4.90 Å². The molecule has 1 aromatic carbocycles. The molecule has 0 bridgehead atoms. The third kappa shape index (κ3) is 4.16. The van der Waals surface area contributed by atoms with Crippen LogP contribution in [0.2, 0.25) is 0 Å². The van der Waals surface area contributed by atoms with Crippen molar-refractivity contribution in [3.63, 3.8) is 0 Å². The number of esters is 1. The Morgan fingerprint density at radius 2 is 1.97 bits per heavy atom. The molecule has 0 N–H and O–H groups in total. The Morgan fingerprint density at radius 3 is 2.67 bits per heavy atom. The van der Waals surface area contributed by atoms with E-state index >= 15 is 0 Å². The fourth-order valence-corrected chi connectivity index (χ4v) is 5.04. The first-order chi connectivity index (χ1) is 14.5. The molecule has 1 amide bonds. The zero-order chi connectivity index (χ0) is 21.1. The number of carbonyl (C=O) groups excluding carboxylic acids is 2. The Kier molecular flexibility index (Phi) is 5.98. The van der Waals surface area contributed by atoms with E-state index in [2.05, 4.69) is 0 Å². The van der Waals surface area contributed by atoms with Crippen molar-refractivity contribution < 1.29 is 19.2 Å². The van der Waals surface area contributed by atoms with Gasteiger partial charge in [0.1, 0.15) is 0 Å². The summed E-state index contributed by atoms with van der Waals surface area (Å²) in [5.41, 5.74) is 0.580. The van der Waals surface area contributed by atoms with Crippen LogP contribution in [0.3, 0.4) is 0 Å². The number of benzene rings is 1. The number of likely N-dealkylation sites (tertiary alicyclic amines) is 1. The molecule has 0 saturated carbocycles. The zero-order valence-corrected chi connectivity index (χ0v) is 17.3. The molecule has 2 aliphatic rings. The van der Waals surface area contributed by atoms with Crippen LogP contribution in [0, 0.1) is 10.1 Å². The third-order valence-corrected chi connectivity index (χ3v) is 6.60. The van der Waals surface area contributed by atoms with Gasteiger partial charge in [0, 0.05) is 36.6 Å². The van der Waals surface area contributed by atoms with Crippen LogP contribution in [0.4, 0.5) is 11.4 Å². The lowest BCUT2D eigenvalue weighted by Gasteiger charge is -2.24. The summed E-state index contributed by atoms with van der Waals surface area (Å²) in [6.07, 6.45) is 3.81. The number of nitro groups is 1. The topological polar surface area (TPSA) is 93.0 Å². The number of nitrogens with zero attached hydrogens (tertiary/aromatic N) is 3. The van der Waals surface area contributed by atoms with Crippen LogP contribution in [0.1, 0.15) is 47.0 Å². The van der Waals surface area contributed by atoms with Crippen LogP contribution in [0.25, 0.3) is 0 Å². The molecule has 9 heteroatoms. The average Bonchev–Trinajstić information content (AvgIpc) is 3.52. The molecule has 3 heterocycles. The predicted octanol–water partition coefficient (Wildman–Crippen LogP) is 3.78. The highest BCUT2D eigenvalue weighted by atomic mass is 32.1. The van der Waals surface area contributed by atoms with Crippen molar-refractivity contribution in [3.05, 3.63) is 56.3 Å². The first-order valence-corrected chi connectivity index (χ1v) is 11.0. The smallest absolute Gasteiger partial charge is 0.341 e. The van der Waals surface area contributed by atoms with Crippen molar-refractivity contribution in [2.24, 2.45) is 0 Å². The first-order valence-electron chi connectivity index (χ1n) is 10.1. The molecule has 8 nitrogen and oxygen atoms in total. The normalized spacial score (nSPS) is 18.6. The van der Waals surface area contributed by atoms with Crippen LogP contribution in [0.5, 0.6) is 0 Å². The van der Waals surface area contributed by atoms with E-state index < -0.39 is 10.9 Å². The maximum absolute atomic E-state index is 12.8. The van der Waals surface area contributed by atoms with Gasteiger partial charge in [-0.25, -0.2) is 4.79 Å². The molecule has 2 aromatic rings. The van der Waals surface area contributed by atoms with Crippen molar-refractivity contribution in [2.45, 2.75) is 31.7 Å². The lowest BCUT2D eigenvalue weighted by atomic mass is 10.1. The number of amides is 1. The quantitative estimate of drug-likeness (QED) is 0.394. The summed E-state index contributed by atoms with van der Waals surface area (Å²) in [4.78, 5) is 41.1. The molecular formula is C21H23N3O5S. The minimum Gasteiger partial charge on any atom is -0.452 e. The van der Waals surface area contributed by atoms with E-state index in [1.54, 1.807) is 22.3 Å². The molecular weight excluding hydrogens is 406 g/mol. The van der Waals surface area contributed by atoms with Gasteiger partial charge in [-0.05, 0) is 43.2 Å². The molecule has 1 atom stereocenters. The van der Waals surface area contributed by atoms with Crippen LogP contribution in [-0.4, -0.2) is 47.9 Å². The van der Waals surface area contributed by atoms with E-state index in [0.29, 0.717) is 12.2 Å². The summed E-state index contributed by atoms with van der Waals surface area (Å²) in [5, 5.41) is 13.2. The number of ether oxygens (including phenoxy) is 1. The minimum atomic E-state index is -0.708. The van der Waals surface area contributed by atoms with Crippen molar-refractivity contribution in [2.75, 3.05) is 31.1 Å². The highest BCUT2D eigenvalue weighted by Crippen LogP contribution is 2.34. The number of carbonyl (C=O) groups is 2. The summed E-state index contributed by atoms with van der Waals surface area (Å²) < 4.78 is 5.33. The van der Waals surface area contributed by atoms with Gasteiger partial charge in [-0.15, -0.1) is 11.3 Å². The Labute approximate surface area is 178 Å². The summed E-state index contributed by atoms with van der Waals surface area (Å²) in [6.45, 7) is 1.83. The minimum absolute atomic E-state index is 0.0224. The standard InChI is InChI=1S/C21H23N3O5S/c25-20(23-11-3-5-18(23)19-6-4-12-30-19)14-29-21(26)16-13-15(24(27)28)7-8-17(16)22-9-1-2-10-22/h4,6-8,12-13,18H,1-3,5,9-11,14H2. The highest BCUT2D eigenvalue weighted by molar-refractivity contribution is 7.10. The van der Waals surface area contributed by atoms with Crippen molar-refractivity contribution in [3.8, 4) is 0 Å². The lowest BCUT2D eigenvalue weighted by molar-refractivity contribution is -0.384. The van der Waals surface area contributed by atoms with Gasteiger partial charge in [0.2, 0.25) is 0 Å². The molecule has 2 saturated heterocycles. The number of hydrogen-bond acceptors (Lipinski definition) is 7. The fraction of sp³-hybridized carbons (Fsp3) is 0.429. The second-order valence-electron chi connectivity index (χ2n) is 7.49. The summed E-state index contributed by atoms with van der Waals surface area (Å²) in [6, 6.07) is 8.22. The highest BCUT2D eigenvalue weighted by Gasteiger charge is 2.31. The number of thiophene rings is 1. The van der Waals surface area contributed by atoms with Gasteiger partial charge >= 0.3 is 5.97 Å². The van der Waals surface area contributed by atoms with Crippen LogP contribution in [-0.2, 0) is 9.53 Å². The maximum atomic E-state index is 12.8. The van der Waals surface area contributed by atoms with E-state index in [1.165, 1.54) is 12.1 Å². The molecule has 1 aromatic heterocycles. The van der Waals surface area contributed by atoms with Gasteiger partial charge in [-0.3, -0.25) is 14.9 Å². The number of nitro benzene ring substituents is 1. The second kappa shape index (κ2) is 8.83. The average molecular weight is 429 g/mol. The molecule has 2 fully saturated rings. The van der Waals surface area contributed by atoms with E-state index in [4.69, 9.17) is 4.74 Å². The predicted molar refractivity (Wildman–Crippen MR) is 113 cm³/mol. The zero-order valence-electron chi connectivity index (χ0n) is 16.5. The molecule has 30 heavy (non-hydrogen) atoms. The first kappa shape index (κ1) is 20.3.